The molecule has 2 N–H and O–H groups in total. The van der Waals surface area contributed by atoms with Crippen LogP contribution < -0.4 is 10.6 Å². The third kappa shape index (κ3) is 3.03. The van der Waals surface area contributed by atoms with Crippen LogP contribution in [0.2, 0.25) is 0 Å². The molecule has 98 valence electrons. The van der Waals surface area contributed by atoms with Crippen LogP contribution in [0.3, 0.4) is 0 Å². The summed E-state index contributed by atoms with van der Waals surface area (Å²) in [6.07, 6.45) is 1.19. The highest BCUT2D eigenvalue weighted by Crippen LogP contribution is 2.23. The summed E-state index contributed by atoms with van der Waals surface area (Å²) in [5.41, 5.74) is 2.73. The minimum Gasteiger partial charge on any atom is -0.309 e. The molecule has 2 heteroatoms. The molecule has 1 heterocycles. The molecule has 1 aliphatic rings. The van der Waals surface area contributed by atoms with Crippen molar-refractivity contribution in [3.8, 4) is 0 Å². The largest absolute Gasteiger partial charge is 0.309 e. The lowest BCUT2D eigenvalue weighted by molar-refractivity contribution is 0.461. The van der Waals surface area contributed by atoms with Crippen LogP contribution in [0, 0.1) is 0 Å². The first-order valence-electron chi connectivity index (χ1n) is 6.99. The van der Waals surface area contributed by atoms with E-state index in [1.54, 1.807) is 0 Å². The summed E-state index contributed by atoms with van der Waals surface area (Å²) in [4.78, 5) is 0. The molecule has 0 saturated carbocycles. The van der Waals surface area contributed by atoms with Crippen molar-refractivity contribution in [2.45, 2.75) is 25.0 Å². The van der Waals surface area contributed by atoms with Gasteiger partial charge in [-0.3, -0.25) is 0 Å². The van der Waals surface area contributed by atoms with Crippen molar-refractivity contribution >= 4 is 0 Å². The molecule has 0 radical (unpaired) electrons. The minimum atomic E-state index is 0.435. The van der Waals surface area contributed by atoms with E-state index in [0.29, 0.717) is 12.1 Å². The molecule has 2 aromatic rings. The molecule has 1 aliphatic heterocycles. The van der Waals surface area contributed by atoms with Crippen molar-refractivity contribution in [3.63, 3.8) is 0 Å². The highest BCUT2D eigenvalue weighted by molar-refractivity contribution is 5.22. The van der Waals surface area contributed by atoms with Gasteiger partial charge in [0.05, 0.1) is 0 Å². The fourth-order valence-electron chi connectivity index (χ4n) is 2.78. The molecule has 0 aliphatic carbocycles. The fraction of sp³-hybridized carbons (Fsp3) is 0.294. The first-order chi connectivity index (χ1) is 9.43. The Morgan fingerprint density at radius 1 is 0.947 bits per heavy atom. The molecule has 0 unspecified atom stereocenters. The van der Waals surface area contributed by atoms with E-state index in [0.717, 1.165) is 13.1 Å². The van der Waals surface area contributed by atoms with Crippen molar-refractivity contribution in [2.24, 2.45) is 0 Å². The van der Waals surface area contributed by atoms with Gasteiger partial charge in [-0.2, -0.15) is 0 Å². The predicted molar refractivity (Wildman–Crippen MR) is 78.9 cm³/mol. The zero-order valence-electron chi connectivity index (χ0n) is 11.0. The van der Waals surface area contributed by atoms with Crippen LogP contribution in [0.5, 0.6) is 0 Å². The molecule has 2 aromatic carbocycles. The van der Waals surface area contributed by atoms with Crippen LogP contribution in [0.1, 0.15) is 23.6 Å². The zero-order valence-corrected chi connectivity index (χ0v) is 11.0. The molecular weight excluding hydrogens is 232 g/mol. The highest BCUT2D eigenvalue weighted by atomic mass is 15.1. The van der Waals surface area contributed by atoms with Gasteiger partial charge >= 0.3 is 0 Å². The highest BCUT2D eigenvalue weighted by Gasteiger charge is 2.27. The maximum absolute atomic E-state index is 3.68. The van der Waals surface area contributed by atoms with Gasteiger partial charge in [-0.15, -0.1) is 0 Å². The van der Waals surface area contributed by atoms with Crippen molar-refractivity contribution < 1.29 is 0 Å². The average Bonchev–Trinajstić information content (AvgIpc) is 2.95. The summed E-state index contributed by atoms with van der Waals surface area (Å²) >= 11 is 0. The Labute approximate surface area is 114 Å². The monoisotopic (exact) mass is 252 g/mol. The fourth-order valence-corrected chi connectivity index (χ4v) is 2.78. The molecular formula is C17H20N2. The lowest BCUT2D eigenvalue weighted by Crippen LogP contribution is -2.33. The van der Waals surface area contributed by atoms with Crippen LogP contribution in [0.4, 0.5) is 0 Å². The van der Waals surface area contributed by atoms with E-state index < -0.39 is 0 Å². The number of benzene rings is 2. The molecule has 2 atom stereocenters. The maximum atomic E-state index is 3.68. The summed E-state index contributed by atoms with van der Waals surface area (Å²) in [6, 6.07) is 22.3. The van der Waals surface area contributed by atoms with Gasteiger partial charge in [0.25, 0.3) is 0 Å². The first kappa shape index (κ1) is 12.4. The first-order valence-corrected chi connectivity index (χ1v) is 6.99. The van der Waals surface area contributed by atoms with Gasteiger partial charge < -0.3 is 10.6 Å². The Morgan fingerprint density at radius 3 is 2.37 bits per heavy atom. The van der Waals surface area contributed by atoms with E-state index in [-0.39, 0.29) is 0 Å². The van der Waals surface area contributed by atoms with E-state index in [9.17, 15) is 0 Å². The Balaban J connectivity index is 1.64. The summed E-state index contributed by atoms with van der Waals surface area (Å²) in [5, 5.41) is 7.28. The van der Waals surface area contributed by atoms with Crippen LogP contribution in [0.15, 0.2) is 60.7 Å². The van der Waals surface area contributed by atoms with E-state index in [2.05, 4.69) is 71.3 Å². The molecule has 0 spiro atoms. The van der Waals surface area contributed by atoms with Gasteiger partial charge in [-0.05, 0) is 24.1 Å². The van der Waals surface area contributed by atoms with Crippen LogP contribution >= 0.6 is 0 Å². The smallest absolute Gasteiger partial charge is 0.0476 e. The van der Waals surface area contributed by atoms with E-state index in [4.69, 9.17) is 0 Å². The quantitative estimate of drug-likeness (QED) is 0.874. The molecule has 2 nitrogen and oxygen atoms in total. The number of nitrogens with one attached hydrogen (secondary N) is 2. The van der Waals surface area contributed by atoms with Crippen molar-refractivity contribution in [2.75, 3.05) is 6.54 Å². The predicted octanol–water partition coefficient (Wildman–Crippen LogP) is 2.88. The lowest BCUT2D eigenvalue weighted by Gasteiger charge is -2.21. The third-order valence-electron chi connectivity index (χ3n) is 3.79. The Morgan fingerprint density at radius 2 is 1.63 bits per heavy atom. The van der Waals surface area contributed by atoms with Gasteiger partial charge in [0.1, 0.15) is 0 Å². The number of hydrogen-bond acceptors (Lipinski definition) is 2. The second kappa shape index (κ2) is 6.00. The molecule has 1 fully saturated rings. The Kier molecular flexibility index (Phi) is 3.92. The molecule has 19 heavy (non-hydrogen) atoms. The maximum Gasteiger partial charge on any atom is 0.0476 e. The van der Waals surface area contributed by atoms with Crippen molar-refractivity contribution in [3.05, 3.63) is 71.8 Å². The number of hydrogen-bond donors (Lipinski definition) is 2. The van der Waals surface area contributed by atoms with E-state index in [1.807, 2.05) is 0 Å². The molecule has 3 rings (SSSR count). The van der Waals surface area contributed by atoms with Gasteiger partial charge in [-0.25, -0.2) is 0 Å². The standard InChI is InChI=1S/C17H20N2/c1-3-7-14(8-4-1)13-19-16-11-12-18-17(16)15-9-5-2-6-10-15/h1-10,16-19H,11-13H2/t16-,17-/m0/s1. The van der Waals surface area contributed by atoms with Gasteiger partial charge in [0.15, 0.2) is 0 Å². The van der Waals surface area contributed by atoms with Crippen molar-refractivity contribution in [1.29, 1.82) is 0 Å². The van der Waals surface area contributed by atoms with Crippen LogP contribution in [-0.4, -0.2) is 12.6 Å². The average molecular weight is 252 g/mol. The SMILES string of the molecule is c1ccc(CN[C@H]2CCN[C@H]2c2ccccc2)cc1. The second-order valence-corrected chi connectivity index (χ2v) is 5.10. The minimum absolute atomic E-state index is 0.435. The topological polar surface area (TPSA) is 24.1 Å². The lowest BCUT2D eigenvalue weighted by atomic mass is 10.0. The van der Waals surface area contributed by atoms with Crippen molar-refractivity contribution in [1.82, 2.24) is 10.6 Å². The van der Waals surface area contributed by atoms with Gasteiger partial charge in [0.2, 0.25) is 0 Å². The van der Waals surface area contributed by atoms with E-state index in [1.165, 1.54) is 17.5 Å². The molecule has 0 bridgehead atoms. The van der Waals surface area contributed by atoms with Crippen LogP contribution in [-0.2, 0) is 6.54 Å². The van der Waals surface area contributed by atoms with E-state index >= 15 is 0 Å². The third-order valence-corrected chi connectivity index (χ3v) is 3.79. The molecule has 0 amide bonds. The van der Waals surface area contributed by atoms with Gasteiger partial charge in [-0.1, -0.05) is 60.7 Å². The summed E-state index contributed by atoms with van der Waals surface area (Å²) < 4.78 is 0. The van der Waals surface area contributed by atoms with Crippen LogP contribution in [0.25, 0.3) is 0 Å². The summed E-state index contributed by atoms with van der Waals surface area (Å²) in [6.45, 7) is 2.03. The van der Waals surface area contributed by atoms with Gasteiger partial charge in [0, 0.05) is 18.6 Å². The summed E-state index contributed by atoms with van der Waals surface area (Å²) in [7, 11) is 0. The number of rotatable bonds is 4. The molecule has 1 saturated heterocycles. The zero-order chi connectivity index (χ0) is 12.9. The summed E-state index contributed by atoms with van der Waals surface area (Å²) in [5.74, 6) is 0. The normalized spacial score (nSPS) is 22.5. The molecule has 0 aromatic heterocycles. The Hall–Kier alpha value is -1.64. The Bertz CT molecular complexity index is 495. The second-order valence-electron chi connectivity index (χ2n) is 5.10.